The number of aromatic nitrogens is 1. The van der Waals surface area contributed by atoms with Gasteiger partial charge in [0.05, 0.1) is 6.61 Å². The quantitative estimate of drug-likeness (QED) is 0.773. The number of nitrogens with one attached hydrogen (secondary N) is 1. The molecule has 1 aromatic carbocycles. The van der Waals surface area contributed by atoms with Gasteiger partial charge in [0.15, 0.2) is 0 Å². The van der Waals surface area contributed by atoms with Crippen LogP contribution in [-0.4, -0.2) is 24.3 Å². The molecule has 0 bridgehead atoms. The van der Waals surface area contributed by atoms with Gasteiger partial charge in [-0.1, -0.05) is 18.2 Å². The number of para-hydroxylation sites is 1. The van der Waals surface area contributed by atoms with Gasteiger partial charge < -0.3 is 14.6 Å². The van der Waals surface area contributed by atoms with Gasteiger partial charge >= 0.3 is 0 Å². The molecule has 0 unspecified atom stereocenters. The van der Waals surface area contributed by atoms with Gasteiger partial charge in [0.2, 0.25) is 0 Å². The fraction of sp³-hybridized carbons (Fsp3) is 0.500. The summed E-state index contributed by atoms with van der Waals surface area (Å²) in [6.45, 7) is 3.61. The molecule has 0 aliphatic heterocycles. The standard InChI is InChI=1S/C16H22N2O/c1-18-11-14(15-4-2-3-5-16(15)18)10-17-8-9-19-12-13-6-7-13/h2-5,11,13,17H,6-10,12H2,1H3. The predicted octanol–water partition coefficient (Wildman–Crippen LogP) is 2.69. The van der Waals surface area contributed by atoms with Crippen LogP contribution in [0.15, 0.2) is 30.5 Å². The van der Waals surface area contributed by atoms with Crippen LogP contribution in [0.4, 0.5) is 0 Å². The minimum atomic E-state index is 0.821. The molecular formula is C16H22N2O. The Labute approximate surface area is 114 Å². The van der Waals surface area contributed by atoms with E-state index in [1.807, 2.05) is 0 Å². The first kappa shape index (κ1) is 12.7. The van der Waals surface area contributed by atoms with E-state index >= 15 is 0 Å². The summed E-state index contributed by atoms with van der Waals surface area (Å²) in [6, 6.07) is 8.55. The van der Waals surface area contributed by atoms with E-state index in [2.05, 4.69) is 47.4 Å². The average molecular weight is 258 g/mol. The third kappa shape index (κ3) is 3.17. The number of benzene rings is 1. The molecule has 102 valence electrons. The van der Waals surface area contributed by atoms with Crippen LogP contribution in [0, 0.1) is 5.92 Å². The van der Waals surface area contributed by atoms with Crippen molar-refractivity contribution >= 4 is 10.9 Å². The summed E-state index contributed by atoms with van der Waals surface area (Å²) in [7, 11) is 2.10. The number of hydrogen-bond donors (Lipinski definition) is 1. The van der Waals surface area contributed by atoms with Crippen molar-refractivity contribution in [3.8, 4) is 0 Å². The Morgan fingerprint density at radius 2 is 2.16 bits per heavy atom. The normalized spacial score (nSPS) is 15.2. The van der Waals surface area contributed by atoms with Crippen molar-refractivity contribution in [3.63, 3.8) is 0 Å². The summed E-state index contributed by atoms with van der Waals surface area (Å²) in [6.07, 6.45) is 4.94. The number of aryl methyl sites for hydroxylation is 1. The molecule has 3 rings (SSSR count). The molecule has 0 amide bonds. The Kier molecular flexibility index (Phi) is 3.85. The molecule has 19 heavy (non-hydrogen) atoms. The molecule has 1 saturated carbocycles. The number of nitrogens with zero attached hydrogens (tertiary/aromatic N) is 1. The molecule has 1 N–H and O–H groups in total. The Morgan fingerprint density at radius 1 is 1.32 bits per heavy atom. The van der Waals surface area contributed by atoms with Crippen LogP contribution in [-0.2, 0) is 18.3 Å². The fourth-order valence-electron chi connectivity index (χ4n) is 2.47. The van der Waals surface area contributed by atoms with Crippen LogP contribution < -0.4 is 5.32 Å². The zero-order valence-electron chi connectivity index (χ0n) is 11.6. The molecule has 1 aliphatic rings. The van der Waals surface area contributed by atoms with Gasteiger partial charge in [-0.15, -0.1) is 0 Å². The molecule has 0 saturated heterocycles. The average Bonchev–Trinajstić information content (AvgIpc) is 3.20. The highest BCUT2D eigenvalue weighted by atomic mass is 16.5. The van der Waals surface area contributed by atoms with E-state index in [1.165, 1.54) is 29.3 Å². The van der Waals surface area contributed by atoms with E-state index in [9.17, 15) is 0 Å². The summed E-state index contributed by atoms with van der Waals surface area (Å²) < 4.78 is 7.81. The topological polar surface area (TPSA) is 26.2 Å². The van der Waals surface area contributed by atoms with Crippen molar-refractivity contribution < 1.29 is 4.74 Å². The van der Waals surface area contributed by atoms with Crippen LogP contribution in [0.25, 0.3) is 10.9 Å². The molecule has 2 aromatic rings. The third-order valence-corrected chi connectivity index (χ3v) is 3.77. The number of fused-ring (bicyclic) bond motifs is 1. The second-order valence-corrected chi connectivity index (χ2v) is 5.48. The lowest BCUT2D eigenvalue weighted by Crippen LogP contribution is -2.19. The van der Waals surface area contributed by atoms with Gasteiger partial charge in [-0.25, -0.2) is 0 Å². The zero-order chi connectivity index (χ0) is 13.1. The van der Waals surface area contributed by atoms with Crippen molar-refractivity contribution in [1.29, 1.82) is 0 Å². The van der Waals surface area contributed by atoms with Gasteiger partial charge in [-0.05, 0) is 30.4 Å². The van der Waals surface area contributed by atoms with Crippen molar-refractivity contribution in [3.05, 3.63) is 36.0 Å². The number of ether oxygens (including phenoxy) is 1. The molecule has 0 radical (unpaired) electrons. The van der Waals surface area contributed by atoms with Crippen molar-refractivity contribution in [2.24, 2.45) is 13.0 Å². The molecule has 1 fully saturated rings. The van der Waals surface area contributed by atoms with Crippen molar-refractivity contribution in [2.45, 2.75) is 19.4 Å². The summed E-state index contributed by atoms with van der Waals surface area (Å²) in [5.41, 5.74) is 2.66. The molecule has 1 heterocycles. The summed E-state index contributed by atoms with van der Waals surface area (Å²) in [5, 5.41) is 4.81. The lowest BCUT2D eigenvalue weighted by atomic mass is 10.2. The van der Waals surface area contributed by atoms with E-state index in [4.69, 9.17) is 4.74 Å². The second kappa shape index (κ2) is 5.76. The van der Waals surface area contributed by atoms with E-state index < -0.39 is 0 Å². The SMILES string of the molecule is Cn1cc(CNCCOCC2CC2)c2ccccc21. The lowest BCUT2D eigenvalue weighted by Gasteiger charge is -2.05. The van der Waals surface area contributed by atoms with Gasteiger partial charge in [0, 0.05) is 43.8 Å². The van der Waals surface area contributed by atoms with Gasteiger partial charge in [0.25, 0.3) is 0 Å². The first-order chi connectivity index (χ1) is 9.34. The lowest BCUT2D eigenvalue weighted by molar-refractivity contribution is 0.126. The molecule has 1 aromatic heterocycles. The van der Waals surface area contributed by atoms with Gasteiger partial charge in [0.1, 0.15) is 0 Å². The fourth-order valence-corrected chi connectivity index (χ4v) is 2.47. The Hall–Kier alpha value is -1.32. The van der Waals surface area contributed by atoms with E-state index in [0.29, 0.717) is 0 Å². The zero-order valence-corrected chi connectivity index (χ0v) is 11.6. The first-order valence-corrected chi connectivity index (χ1v) is 7.16. The van der Waals surface area contributed by atoms with Crippen LogP contribution >= 0.6 is 0 Å². The maximum Gasteiger partial charge on any atom is 0.0591 e. The largest absolute Gasteiger partial charge is 0.380 e. The van der Waals surface area contributed by atoms with Crippen LogP contribution in [0.2, 0.25) is 0 Å². The highest BCUT2D eigenvalue weighted by Crippen LogP contribution is 2.28. The second-order valence-electron chi connectivity index (χ2n) is 5.48. The number of hydrogen-bond acceptors (Lipinski definition) is 2. The minimum Gasteiger partial charge on any atom is -0.380 e. The Morgan fingerprint density at radius 3 is 3.00 bits per heavy atom. The third-order valence-electron chi connectivity index (χ3n) is 3.77. The summed E-state index contributed by atoms with van der Waals surface area (Å²) >= 11 is 0. The maximum atomic E-state index is 5.62. The van der Waals surface area contributed by atoms with E-state index in [0.717, 1.165) is 32.2 Å². The summed E-state index contributed by atoms with van der Waals surface area (Å²) in [4.78, 5) is 0. The minimum absolute atomic E-state index is 0.821. The Bertz CT molecular complexity index is 543. The van der Waals surface area contributed by atoms with Gasteiger partial charge in [-0.3, -0.25) is 0 Å². The van der Waals surface area contributed by atoms with Gasteiger partial charge in [-0.2, -0.15) is 0 Å². The number of rotatable bonds is 7. The van der Waals surface area contributed by atoms with Crippen molar-refractivity contribution in [2.75, 3.05) is 19.8 Å². The van der Waals surface area contributed by atoms with Crippen LogP contribution in [0.5, 0.6) is 0 Å². The smallest absolute Gasteiger partial charge is 0.0591 e. The molecule has 0 atom stereocenters. The molecular weight excluding hydrogens is 236 g/mol. The van der Waals surface area contributed by atoms with E-state index in [-0.39, 0.29) is 0 Å². The molecule has 0 spiro atoms. The van der Waals surface area contributed by atoms with Crippen molar-refractivity contribution in [1.82, 2.24) is 9.88 Å². The van der Waals surface area contributed by atoms with E-state index in [1.54, 1.807) is 0 Å². The van der Waals surface area contributed by atoms with Crippen LogP contribution in [0.3, 0.4) is 0 Å². The molecule has 3 heteroatoms. The molecule has 3 nitrogen and oxygen atoms in total. The highest BCUT2D eigenvalue weighted by molar-refractivity contribution is 5.83. The Balaban J connectivity index is 1.47. The monoisotopic (exact) mass is 258 g/mol. The highest BCUT2D eigenvalue weighted by Gasteiger charge is 2.20. The maximum absolute atomic E-state index is 5.62. The molecule has 1 aliphatic carbocycles. The first-order valence-electron chi connectivity index (χ1n) is 7.16. The van der Waals surface area contributed by atoms with Crippen LogP contribution in [0.1, 0.15) is 18.4 Å². The predicted molar refractivity (Wildman–Crippen MR) is 78.2 cm³/mol. The summed E-state index contributed by atoms with van der Waals surface area (Å²) in [5.74, 6) is 0.859.